The van der Waals surface area contributed by atoms with Gasteiger partial charge < -0.3 is 10.1 Å². The number of fused-ring (bicyclic) bond motifs is 1. The van der Waals surface area contributed by atoms with Crippen molar-refractivity contribution in [3.05, 3.63) is 71.7 Å². The summed E-state index contributed by atoms with van der Waals surface area (Å²) in [6.45, 7) is 1.58. The van der Waals surface area contributed by atoms with Crippen LogP contribution in [0.1, 0.15) is 18.1 Å². The normalized spacial score (nSPS) is 19.2. The zero-order valence-electron chi connectivity index (χ0n) is 15.4. The van der Waals surface area contributed by atoms with Gasteiger partial charge in [0.1, 0.15) is 17.1 Å². The van der Waals surface area contributed by atoms with Gasteiger partial charge in [-0.15, -0.1) is 0 Å². The van der Waals surface area contributed by atoms with Gasteiger partial charge in [0.05, 0.1) is 19.2 Å². The Bertz CT molecular complexity index is 1080. The van der Waals surface area contributed by atoms with Gasteiger partial charge in [0, 0.05) is 17.1 Å². The number of nitrogens with zero attached hydrogens (tertiary/aromatic N) is 2. The number of halogens is 1. The third kappa shape index (κ3) is 2.85. The van der Waals surface area contributed by atoms with Crippen LogP contribution in [0, 0.1) is 5.82 Å². The van der Waals surface area contributed by atoms with E-state index in [2.05, 4.69) is 10.3 Å². The van der Waals surface area contributed by atoms with E-state index in [0.29, 0.717) is 27.8 Å². The van der Waals surface area contributed by atoms with Gasteiger partial charge in [-0.05, 0) is 42.8 Å². The number of amides is 3. The number of hydrogen-bond acceptors (Lipinski definition) is 4. The molecule has 7 heteroatoms. The Hall–Kier alpha value is -3.48. The van der Waals surface area contributed by atoms with E-state index in [1.807, 2.05) is 0 Å². The zero-order valence-corrected chi connectivity index (χ0v) is 15.4. The lowest BCUT2D eigenvalue weighted by atomic mass is 9.92. The first kappa shape index (κ1) is 17.9. The first-order chi connectivity index (χ1) is 13.4. The highest BCUT2D eigenvalue weighted by Crippen LogP contribution is 2.31. The van der Waals surface area contributed by atoms with Crippen molar-refractivity contribution in [3.8, 4) is 5.75 Å². The van der Waals surface area contributed by atoms with Crippen LogP contribution in [-0.4, -0.2) is 28.9 Å². The minimum absolute atomic E-state index is 0.0678. The van der Waals surface area contributed by atoms with Crippen molar-refractivity contribution < 1.29 is 18.7 Å². The Morgan fingerprint density at radius 1 is 1.18 bits per heavy atom. The standard InChI is InChI=1S/C21H18FN3O3/c1-21(15-5-7-17(28-2)8-6-15)19(26)25(20(27)24-21)12-14-11-16(22)10-13-4-3-9-23-18(13)14/h3-11H,12H2,1-2H3,(H,24,27). The Morgan fingerprint density at radius 3 is 2.64 bits per heavy atom. The number of methoxy groups -OCH3 is 1. The number of benzene rings is 2. The van der Waals surface area contributed by atoms with Gasteiger partial charge >= 0.3 is 6.03 Å². The molecule has 0 bridgehead atoms. The molecule has 142 valence electrons. The molecule has 0 aliphatic carbocycles. The number of pyridine rings is 1. The molecule has 1 aliphatic rings. The van der Waals surface area contributed by atoms with Crippen molar-refractivity contribution in [2.45, 2.75) is 19.0 Å². The van der Waals surface area contributed by atoms with Gasteiger partial charge in [-0.2, -0.15) is 0 Å². The van der Waals surface area contributed by atoms with Gasteiger partial charge in [-0.3, -0.25) is 14.7 Å². The predicted molar refractivity (Wildman–Crippen MR) is 101 cm³/mol. The number of rotatable bonds is 4. The number of nitrogens with one attached hydrogen (secondary N) is 1. The molecule has 3 aromatic rings. The van der Waals surface area contributed by atoms with Crippen LogP contribution in [0.5, 0.6) is 5.75 Å². The highest BCUT2D eigenvalue weighted by Gasteiger charge is 2.49. The van der Waals surface area contributed by atoms with Gasteiger partial charge in [-0.25, -0.2) is 9.18 Å². The summed E-state index contributed by atoms with van der Waals surface area (Å²) >= 11 is 0. The van der Waals surface area contributed by atoms with Crippen molar-refractivity contribution in [2.24, 2.45) is 0 Å². The number of urea groups is 1. The number of carbonyl (C=O) groups excluding carboxylic acids is 2. The van der Waals surface area contributed by atoms with Crippen LogP contribution >= 0.6 is 0 Å². The molecule has 2 heterocycles. The fourth-order valence-electron chi connectivity index (χ4n) is 3.48. The molecule has 1 saturated heterocycles. The molecule has 3 amide bonds. The summed E-state index contributed by atoms with van der Waals surface area (Å²) in [5, 5.41) is 3.36. The monoisotopic (exact) mass is 379 g/mol. The summed E-state index contributed by atoms with van der Waals surface area (Å²) in [6.07, 6.45) is 1.59. The highest BCUT2D eigenvalue weighted by molar-refractivity contribution is 6.07. The lowest BCUT2D eigenvalue weighted by Crippen LogP contribution is -2.40. The Balaban J connectivity index is 1.68. The van der Waals surface area contributed by atoms with Gasteiger partial charge in [0.2, 0.25) is 0 Å². The SMILES string of the molecule is COc1ccc(C2(C)NC(=O)N(Cc3cc(F)cc4cccnc34)C2=O)cc1. The first-order valence-corrected chi connectivity index (χ1v) is 8.74. The van der Waals surface area contributed by atoms with E-state index in [1.54, 1.807) is 56.6 Å². The highest BCUT2D eigenvalue weighted by atomic mass is 19.1. The molecule has 1 aliphatic heterocycles. The molecule has 0 saturated carbocycles. The Labute approximate surface area is 160 Å². The van der Waals surface area contributed by atoms with E-state index >= 15 is 0 Å². The topological polar surface area (TPSA) is 71.5 Å². The number of carbonyl (C=O) groups is 2. The van der Waals surface area contributed by atoms with E-state index < -0.39 is 23.3 Å². The molecule has 0 radical (unpaired) electrons. The smallest absolute Gasteiger partial charge is 0.325 e. The van der Waals surface area contributed by atoms with E-state index in [4.69, 9.17) is 4.74 Å². The van der Waals surface area contributed by atoms with Gasteiger partial charge in [0.25, 0.3) is 5.91 Å². The van der Waals surface area contributed by atoms with Crippen molar-refractivity contribution in [3.63, 3.8) is 0 Å². The molecule has 1 fully saturated rings. The van der Waals surface area contributed by atoms with E-state index in [1.165, 1.54) is 12.1 Å². The summed E-state index contributed by atoms with van der Waals surface area (Å²) in [5.41, 5.74) is 0.455. The average molecular weight is 379 g/mol. The molecule has 0 spiro atoms. The zero-order chi connectivity index (χ0) is 19.9. The molecule has 1 aromatic heterocycles. The van der Waals surface area contributed by atoms with Crippen molar-refractivity contribution in [2.75, 3.05) is 7.11 Å². The fraction of sp³-hybridized carbons (Fsp3) is 0.190. The van der Waals surface area contributed by atoms with Crippen LogP contribution in [0.25, 0.3) is 10.9 Å². The predicted octanol–water partition coefficient (Wildman–Crippen LogP) is 3.35. The first-order valence-electron chi connectivity index (χ1n) is 8.74. The van der Waals surface area contributed by atoms with Crippen LogP contribution in [0.3, 0.4) is 0 Å². The second-order valence-corrected chi connectivity index (χ2v) is 6.81. The number of ether oxygens (including phenoxy) is 1. The molecule has 2 aromatic carbocycles. The largest absolute Gasteiger partial charge is 0.497 e. The number of aromatic nitrogens is 1. The maximum absolute atomic E-state index is 14.0. The third-order valence-corrected chi connectivity index (χ3v) is 5.02. The van der Waals surface area contributed by atoms with Crippen LogP contribution in [0.4, 0.5) is 9.18 Å². The molecular weight excluding hydrogens is 361 g/mol. The lowest BCUT2D eigenvalue weighted by Gasteiger charge is -2.22. The summed E-state index contributed by atoms with van der Waals surface area (Å²) in [7, 11) is 1.55. The number of imide groups is 1. The third-order valence-electron chi connectivity index (χ3n) is 5.02. The lowest BCUT2D eigenvalue weighted by molar-refractivity contribution is -0.131. The second-order valence-electron chi connectivity index (χ2n) is 6.81. The number of hydrogen-bond donors (Lipinski definition) is 1. The molecule has 1 unspecified atom stereocenters. The Morgan fingerprint density at radius 2 is 1.93 bits per heavy atom. The van der Waals surface area contributed by atoms with E-state index in [0.717, 1.165) is 4.90 Å². The summed E-state index contributed by atoms with van der Waals surface area (Å²) in [4.78, 5) is 31.1. The maximum Gasteiger partial charge on any atom is 0.325 e. The van der Waals surface area contributed by atoms with Gasteiger partial charge in [-0.1, -0.05) is 18.2 Å². The van der Waals surface area contributed by atoms with E-state index in [-0.39, 0.29) is 6.54 Å². The van der Waals surface area contributed by atoms with Crippen LogP contribution in [0.2, 0.25) is 0 Å². The molecule has 1 atom stereocenters. The average Bonchev–Trinajstić information content (AvgIpc) is 2.92. The summed E-state index contributed by atoms with van der Waals surface area (Å²) < 4.78 is 19.1. The fourth-order valence-corrected chi connectivity index (χ4v) is 3.48. The van der Waals surface area contributed by atoms with Gasteiger partial charge in [0.15, 0.2) is 0 Å². The molecular formula is C21H18FN3O3. The second kappa shape index (κ2) is 6.60. The van der Waals surface area contributed by atoms with E-state index in [9.17, 15) is 14.0 Å². The summed E-state index contributed by atoms with van der Waals surface area (Å²) in [5.74, 6) is -0.199. The van der Waals surface area contributed by atoms with Crippen LogP contribution < -0.4 is 10.1 Å². The molecule has 4 rings (SSSR count). The molecule has 28 heavy (non-hydrogen) atoms. The van der Waals surface area contributed by atoms with Crippen molar-refractivity contribution in [1.82, 2.24) is 15.2 Å². The Kier molecular flexibility index (Phi) is 4.22. The minimum atomic E-state index is -1.21. The summed E-state index contributed by atoms with van der Waals surface area (Å²) in [6, 6.07) is 12.5. The van der Waals surface area contributed by atoms with Crippen LogP contribution in [-0.2, 0) is 16.9 Å². The molecule has 1 N–H and O–H groups in total. The molecule has 6 nitrogen and oxygen atoms in total. The quantitative estimate of drug-likeness (QED) is 0.706. The minimum Gasteiger partial charge on any atom is -0.497 e. The van der Waals surface area contributed by atoms with Crippen molar-refractivity contribution >= 4 is 22.8 Å². The van der Waals surface area contributed by atoms with Crippen LogP contribution in [0.15, 0.2) is 54.7 Å². The van der Waals surface area contributed by atoms with Crippen molar-refractivity contribution in [1.29, 1.82) is 0 Å². The maximum atomic E-state index is 14.0.